The number of nitrogens with one attached hydrogen (secondary N) is 1. The Morgan fingerprint density at radius 3 is 2.94 bits per heavy atom. The number of nitrogens with zero attached hydrogens (tertiary/aromatic N) is 1. The molecular weight excluding hydrogens is 230 g/mol. The predicted molar refractivity (Wildman–Crippen MR) is 70.3 cm³/mol. The van der Waals surface area contributed by atoms with Gasteiger partial charge in [0, 0.05) is 18.7 Å². The molecule has 5 nitrogen and oxygen atoms in total. The van der Waals surface area contributed by atoms with E-state index >= 15 is 0 Å². The van der Waals surface area contributed by atoms with E-state index in [1.165, 1.54) is 0 Å². The second kappa shape index (κ2) is 5.37. The quantitative estimate of drug-likeness (QED) is 0.609. The van der Waals surface area contributed by atoms with E-state index < -0.39 is 0 Å². The van der Waals surface area contributed by atoms with Crippen LogP contribution in [0.4, 0.5) is 5.69 Å². The molecule has 1 aliphatic rings. The van der Waals surface area contributed by atoms with Crippen molar-refractivity contribution in [1.29, 1.82) is 0 Å². The highest BCUT2D eigenvalue weighted by atomic mass is 16.5. The van der Waals surface area contributed by atoms with E-state index in [4.69, 9.17) is 10.6 Å². The first kappa shape index (κ1) is 12.9. The molecule has 1 fully saturated rings. The lowest BCUT2D eigenvalue weighted by molar-refractivity contribution is -0.0124. The first-order valence-corrected chi connectivity index (χ1v) is 6.10. The fourth-order valence-corrected chi connectivity index (χ4v) is 2.14. The Morgan fingerprint density at radius 1 is 1.56 bits per heavy atom. The van der Waals surface area contributed by atoms with E-state index in [-0.39, 0.29) is 12.0 Å². The molecule has 5 heteroatoms. The maximum atomic E-state index is 12.3. The largest absolute Gasteiger partial charge is 0.375 e. The molecular formula is C13H19N3O2. The van der Waals surface area contributed by atoms with Crippen molar-refractivity contribution in [2.75, 3.05) is 25.1 Å². The lowest BCUT2D eigenvalue weighted by Gasteiger charge is -2.31. The maximum absolute atomic E-state index is 12.3. The molecule has 0 aliphatic carbocycles. The van der Waals surface area contributed by atoms with Crippen LogP contribution in [0.1, 0.15) is 22.8 Å². The van der Waals surface area contributed by atoms with Gasteiger partial charge in [0.25, 0.3) is 5.91 Å². The minimum absolute atomic E-state index is 0.0526. The monoisotopic (exact) mass is 249 g/mol. The topological polar surface area (TPSA) is 67.6 Å². The van der Waals surface area contributed by atoms with Crippen molar-refractivity contribution in [3.05, 3.63) is 29.3 Å². The third-order valence-electron chi connectivity index (χ3n) is 3.16. The summed E-state index contributed by atoms with van der Waals surface area (Å²) in [5.41, 5.74) is 5.10. The van der Waals surface area contributed by atoms with Gasteiger partial charge in [-0.15, -0.1) is 0 Å². The van der Waals surface area contributed by atoms with Crippen molar-refractivity contribution < 1.29 is 9.53 Å². The summed E-state index contributed by atoms with van der Waals surface area (Å²) in [6.45, 7) is 5.81. The molecule has 0 aromatic heterocycles. The normalized spacial score (nSPS) is 19.7. The molecule has 0 bridgehead atoms. The van der Waals surface area contributed by atoms with Gasteiger partial charge in [0.05, 0.1) is 18.4 Å². The van der Waals surface area contributed by atoms with Crippen LogP contribution in [-0.4, -0.2) is 36.6 Å². The first-order valence-electron chi connectivity index (χ1n) is 6.10. The lowest BCUT2D eigenvalue weighted by Crippen LogP contribution is -2.44. The van der Waals surface area contributed by atoms with Gasteiger partial charge in [-0.2, -0.15) is 0 Å². The number of nitrogens with two attached hydrogens (primary N) is 1. The molecule has 1 unspecified atom stereocenters. The predicted octanol–water partition coefficient (Wildman–Crippen LogP) is 1.14. The van der Waals surface area contributed by atoms with Gasteiger partial charge in [-0.1, -0.05) is 0 Å². The molecule has 2 rings (SSSR count). The average Bonchev–Trinajstić information content (AvgIpc) is 2.37. The second-order valence-electron chi connectivity index (χ2n) is 4.61. The summed E-state index contributed by atoms with van der Waals surface area (Å²) in [7, 11) is 0. The SMILES string of the molecule is Cc1cc(C(=O)N2CCOC(C)C2)ccc1NN. The van der Waals surface area contributed by atoms with E-state index in [2.05, 4.69) is 5.43 Å². The van der Waals surface area contributed by atoms with Crippen LogP contribution in [-0.2, 0) is 4.74 Å². The van der Waals surface area contributed by atoms with Gasteiger partial charge in [-0.3, -0.25) is 10.6 Å². The van der Waals surface area contributed by atoms with Gasteiger partial charge in [0.2, 0.25) is 0 Å². The number of benzene rings is 1. The minimum atomic E-state index is 0.0526. The number of carbonyl (C=O) groups excluding carboxylic acids is 1. The second-order valence-corrected chi connectivity index (χ2v) is 4.61. The van der Waals surface area contributed by atoms with Crippen molar-refractivity contribution in [2.45, 2.75) is 20.0 Å². The molecule has 1 heterocycles. The highest BCUT2D eigenvalue weighted by molar-refractivity contribution is 5.95. The number of carbonyl (C=O) groups is 1. The summed E-state index contributed by atoms with van der Waals surface area (Å²) >= 11 is 0. The highest BCUT2D eigenvalue weighted by Gasteiger charge is 2.22. The number of rotatable bonds is 2. The van der Waals surface area contributed by atoms with Crippen molar-refractivity contribution in [3.8, 4) is 0 Å². The van der Waals surface area contributed by atoms with Crippen molar-refractivity contribution in [2.24, 2.45) is 5.84 Å². The summed E-state index contributed by atoms with van der Waals surface area (Å²) < 4.78 is 5.43. The van der Waals surface area contributed by atoms with Gasteiger partial charge in [0.1, 0.15) is 0 Å². The highest BCUT2D eigenvalue weighted by Crippen LogP contribution is 2.17. The molecule has 1 aromatic rings. The summed E-state index contributed by atoms with van der Waals surface area (Å²) in [6.07, 6.45) is 0.105. The Hall–Kier alpha value is -1.59. The number of anilines is 1. The number of hydrogen-bond acceptors (Lipinski definition) is 4. The van der Waals surface area contributed by atoms with Gasteiger partial charge in [0.15, 0.2) is 0 Å². The summed E-state index contributed by atoms with van der Waals surface area (Å²) in [4.78, 5) is 14.1. The van der Waals surface area contributed by atoms with Gasteiger partial charge >= 0.3 is 0 Å². The molecule has 18 heavy (non-hydrogen) atoms. The molecule has 1 amide bonds. The summed E-state index contributed by atoms with van der Waals surface area (Å²) in [5.74, 6) is 5.43. The van der Waals surface area contributed by atoms with Crippen LogP contribution >= 0.6 is 0 Å². The fourth-order valence-electron chi connectivity index (χ4n) is 2.14. The van der Waals surface area contributed by atoms with Gasteiger partial charge in [-0.25, -0.2) is 0 Å². The molecule has 3 N–H and O–H groups in total. The number of amides is 1. The number of hydrazine groups is 1. The van der Waals surface area contributed by atoms with Crippen LogP contribution in [0.2, 0.25) is 0 Å². The van der Waals surface area contributed by atoms with Crippen molar-refractivity contribution >= 4 is 11.6 Å². The molecule has 1 saturated heterocycles. The van der Waals surface area contributed by atoms with Crippen LogP contribution in [0.15, 0.2) is 18.2 Å². The van der Waals surface area contributed by atoms with Crippen LogP contribution < -0.4 is 11.3 Å². The lowest BCUT2D eigenvalue weighted by atomic mass is 10.1. The van der Waals surface area contributed by atoms with Crippen LogP contribution in [0, 0.1) is 6.92 Å². The maximum Gasteiger partial charge on any atom is 0.254 e. The number of aryl methyl sites for hydroxylation is 1. The molecule has 1 aromatic carbocycles. The van der Waals surface area contributed by atoms with Crippen LogP contribution in [0.3, 0.4) is 0 Å². The Morgan fingerprint density at radius 2 is 2.33 bits per heavy atom. The third kappa shape index (κ3) is 2.63. The number of nitrogen functional groups attached to an aromatic ring is 1. The number of ether oxygens (including phenoxy) is 1. The van der Waals surface area contributed by atoms with Gasteiger partial charge in [-0.05, 0) is 37.6 Å². The molecule has 0 radical (unpaired) electrons. The van der Waals surface area contributed by atoms with Crippen LogP contribution in [0.5, 0.6) is 0 Å². The van der Waals surface area contributed by atoms with E-state index in [0.29, 0.717) is 25.3 Å². The summed E-state index contributed by atoms with van der Waals surface area (Å²) in [5, 5.41) is 0. The molecule has 1 aliphatic heterocycles. The average molecular weight is 249 g/mol. The Labute approximate surface area is 107 Å². The zero-order valence-electron chi connectivity index (χ0n) is 10.8. The third-order valence-corrected chi connectivity index (χ3v) is 3.16. The zero-order chi connectivity index (χ0) is 13.1. The van der Waals surface area contributed by atoms with Crippen LogP contribution in [0.25, 0.3) is 0 Å². The Balaban J connectivity index is 2.15. The molecule has 98 valence electrons. The minimum Gasteiger partial charge on any atom is -0.375 e. The summed E-state index contributed by atoms with van der Waals surface area (Å²) in [6, 6.07) is 5.48. The standard InChI is InChI=1S/C13H19N3O2/c1-9-7-11(3-4-12(9)15-14)13(17)16-5-6-18-10(2)8-16/h3-4,7,10,15H,5-6,8,14H2,1-2H3. The van der Waals surface area contributed by atoms with Gasteiger partial charge < -0.3 is 15.1 Å². The zero-order valence-corrected chi connectivity index (χ0v) is 10.8. The molecule has 0 spiro atoms. The Bertz CT molecular complexity index is 448. The molecule has 1 atom stereocenters. The fraction of sp³-hybridized carbons (Fsp3) is 0.462. The smallest absolute Gasteiger partial charge is 0.254 e. The van der Waals surface area contributed by atoms with Crippen molar-refractivity contribution in [1.82, 2.24) is 4.90 Å². The first-order chi connectivity index (χ1) is 8.61. The van der Waals surface area contributed by atoms with E-state index in [9.17, 15) is 4.79 Å². The van der Waals surface area contributed by atoms with E-state index in [0.717, 1.165) is 11.3 Å². The molecule has 0 saturated carbocycles. The van der Waals surface area contributed by atoms with E-state index in [1.807, 2.05) is 30.9 Å². The number of hydrogen-bond donors (Lipinski definition) is 2. The van der Waals surface area contributed by atoms with Crippen molar-refractivity contribution in [3.63, 3.8) is 0 Å². The number of morpholine rings is 1. The Kier molecular flexibility index (Phi) is 3.84. The van der Waals surface area contributed by atoms with E-state index in [1.54, 1.807) is 6.07 Å².